The Kier molecular flexibility index (Phi) is 5.39. The first-order valence-electron chi connectivity index (χ1n) is 7.23. The van der Waals surface area contributed by atoms with E-state index in [1.807, 2.05) is 37.3 Å². The van der Waals surface area contributed by atoms with Crippen LogP contribution in [0.3, 0.4) is 0 Å². The highest BCUT2D eigenvalue weighted by Crippen LogP contribution is 2.18. The summed E-state index contributed by atoms with van der Waals surface area (Å²) >= 11 is 0. The molecule has 0 saturated heterocycles. The summed E-state index contributed by atoms with van der Waals surface area (Å²) in [5.74, 6) is -0.113. The number of hydrogen-bond donors (Lipinski definition) is 2. The van der Waals surface area contributed by atoms with E-state index < -0.39 is 9.84 Å². The van der Waals surface area contributed by atoms with Crippen LogP contribution in [0.5, 0.6) is 0 Å². The Hall–Kier alpha value is -2.34. The molecule has 0 aliphatic rings. The van der Waals surface area contributed by atoms with Crippen LogP contribution < -0.4 is 10.6 Å². The van der Waals surface area contributed by atoms with Crippen LogP contribution in [0.15, 0.2) is 54.6 Å². The zero-order valence-corrected chi connectivity index (χ0v) is 13.9. The fourth-order valence-electron chi connectivity index (χ4n) is 2.23. The van der Waals surface area contributed by atoms with Gasteiger partial charge in [-0.25, -0.2) is 13.2 Å². The third kappa shape index (κ3) is 5.41. The summed E-state index contributed by atoms with van der Waals surface area (Å²) in [6.45, 7) is 1.89. The lowest BCUT2D eigenvalue weighted by atomic mass is 10.1. The van der Waals surface area contributed by atoms with E-state index in [2.05, 4.69) is 10.6 Å². The van der Waals surface area contributed by atoms with Gasteiger partial charge in [-0.2, -0.15) is 0 Å². The molecule has 5 nitrogen and oxygen atoms in total. The minimum Gasteiger partial charge on any atom is -0.331 e. The summed E-state index contributed by atoms with van der Waals surface area (Å²) < 4.78 is 22.9. The Labute approximate surface area is 136 Å². The molecule has 2 amide bonds. The van der Waals surface area contributed by atoms with Crippen molar-refractivity contribution in [2.75, 3.05) is 11.6 Å². The molecule has 2 aromatic carbocycles. The molecule has 0 bridgehead atoms. The van der Waals surface area contributed by atoms with Crippen LogP contribution in [-0.2, 0) is 15.6 Å². The molecule has 2 N–H and O–H groups in total. The van der Waals surface area contributed by atoms with Crippen molar-refractivity contribution in [3.63, 3.8) is 0 Å². The highest BCUT2D eigenvalue weighted by Gasteiger charge is 2.13. The summed E-state index contributed by atoms with van der Waals surface area (Å²) in [4.78, 5) is 12.1. The number of anilines is 1. The summed E-state index contributed by atoms with van der Waals surface area (Å²) in [7, 11) is -3.17. The third-order valence-electron chi connectivity index (χ3n) is 3.33. The Balaban J connectivity index is 2.06. The number of benzene rings is 2. The Morgan fingerprint density at radius 2 is 1.65 bits per heavy atom. The lowest BCUT2D eigenvalue weighted by molar-refractivity contribution is 0.249. The van der Waals surface area contributed by atoms with Crippen LogP contribution in [0.2, 0.25) is 0 Å². The fraction of sp³-hybridized carbons (Fsp3) is 0.235. The first-order valence-corrected chi connectivity index (χ1v) is 9.29. The molecule has 0 fully saturated rings. The van der Waals surface area contributed by atoms with Gasteiger partial charge < -0.3 is 10.6 Å². The van der Waals surface area contributed by atoms with Crippen LogP contribution in [0.1, 0.15) is 24.1 Å². The lowest BCUT2D eigenvalue weighted by Crippen LogP contribution is -2.31. The van der Waals surface area contributed by atoms with Crippen molar-refractivity contribution in [2.45, 2.75) is 18.7 Å². The smallest absolute Gasteiger partial charge is 0.319 e. The zero-order valence-electron chi connectivity index (χ0n) is 13.1. The molecule has 6 heteroatoms. The number of hydrogen-bond acceptors (Lipinski definition) is 3. The monoisotopic (exact) mass is 332 g/mol. The average molecular weight is 332 g/mol. The molecule has 0 aliphatic heterocycles. The topological polar surface area (TPSA) is 75.3 Å². The van der Waals surface area contributed by atoms with Gasteiger partial charge in [-0.3, -0.25) is 0 Å². The predicted octanol–water partition coefficient (Wildman–Crippen LogP) is 3.11. The van der Waals surface area contributed by atoms with Gasteiger partial charge in [0.1, 0.15) is 0 Å². The minimum atomic E-state index is -3.17. The van der Waals surface area contributed by atoms with E-state index in [-0.39, 0.29) is 17.8 Å². The molecular weight excluding hydrogens is 312 g/mol. The maximum atomic E-state index is 12.1. The molecule has 0 aromatic heterocycles. The van der Waals surface area contributed by atoms with Crippen LogP contribution >= 0.6 is 0 Å². The van der Waals surface area contributed by atoms with Gasteiger partial charge in [-0.1, -0.05) is 48.5 Å². The Morgan fingerprint density at radius 1 is 1.04 bits per heavy atom. The van der Waals surface area contributed by atoms with Gasteiger partial charge in [-0.15, -0.1) is 0 Å². The zero-order chi connectivity index (χ0) is 16.9. The lowest BCUT2D eigenvalue weighted by Gasteiger charge is -2.16. The third-order valence-corrected chi connectivity index (χ3v) is 4.17. The summed E-state index contributed by atoms with van der Waals surface area (Å²) in [5, 5.41) is 5.55. The van der Waals surface area contributed by atoms with Crippen LogP contribution in [0.25, 0.3) is 0 Å². The number of para-hydroxylation sites is 1. The molecule has 1 atom stereocenters. The number of carbonyl (C=O) groups excluding carboxylic acids is 1. The van der Waals surface area contributed by atoms with Gasteiger partial charge >= 0.3 is 6.03 Å². The van der Waals surface area contributed by atoms with E-state index in [9.17, 15) is 13.2 Å². The highest BCUT2D eigenvalue weighted by molar-refractivity contribution is 7.89. The van der Waals surface area contributed by atoms with E-state index >= 15 is 0 Å². The van der Waals surface area contributed by atoms with Gasteiger partial charge in [-0.05, 0) is 24.1 Å². The molecule has 122 valence electrons. The fourth-order valence-corrected chi connectivity index (χ4v) is 3.05. The molecule has 0 radical (unpaired) electrons. The van der Waals surface area contributed by atoms with Gasteiger partial charge in [0, 0.05) is 11.9 Å². The summed E-state index contributed by atoms with van der Waals surface area (Å²) in [6, 6.07) is 16.0. The van der Waals surface area contributed by atoms with Crippen molar-refractivity contribution in [3.8, 4) is 0 Å². The van der Waals surface area contributed by atoms with Gasteiger partial charge in [0.05, 0.1) is 11.8 Å². The molecule has 2 aromatic rings. The first-order chi connectivity index (χ1) is 10.8. The van der Waals surface area contributed by atoms with Crippen molar-refractivity contribution >= 4 is 21.6 Å². The van der Waals surface area contributed by atoms with Crippen LogP contribution in [-0.4, -0.2) is 20.7 Å². The summed E-state index contributed by atoms with van der Waals surface area (Å²) in [6.07, 6.45) is 1.17. The molecular formula is C17H20N2O3S. The van der Waals surface area contributed by atoms with Crippen molar-refractivity contribution in [1.82, 2.24) is 5.32 Å². The molecule has 1 unspecified atom stereocenters. The second kappa shape index (κ2) is 7.28. The second-order valence-electron chi connectivity index (χ2n) is 5.46. The van der Waals surface area contributed by atoms with E-state index in [0.29, 0.717) is 11.3 Å². The van der Waals surface area contributed by atoms with Crippen LogP contribution in [0, 0.1) is 0 Å². The molecule has 23 heavy (non-hydrogen) atoms. The number of amides is 2. The quantitative estimate of drug-likeness (QED) is 0.883. The predicted molar refractivity (Wildman–Crippen MR) is 92.0 cm³/mol. The Bertz CT molecular complexity index is 773. The van der Waals surface area contributed by atoms with Crippen molar-refractivity contribution in [1.29, 1.82) is 0 Å². The standard InChI is InChI=1S/C17H20N2O3S/c1-13(14-8-4-3-5-9-14)18-17(20)19-16-11-7-6-10-15(16)12-23(2,21)22/h3-11,13H,12H2,1-2H3,(H2,18,19,20). The highest BCUT2D eigenvalue weighted by atomic mass is 32.2. The van der Waals surface area contributed by atoms with Crippen molar-refractivity contribution in [3.05, 3.63) is 65.7 Å². The van der Waals surface area contributed by atoms with E-state index in [1.54, 1.807) is 24.3 Å². The molecule has 0 aliphatic carbocycles. The minimum absolute atomic E-state index is 0.113. The molecule has 0 saturated carbocycles. The Morgan fingerprint density at radius 3 is 2.30 bits per heavy atom. The molecule has 0 spiro atoms. The van der Waals surface area contributed by atoms with Crippen molar-refractivity contribution in [2.24, 2.45) is 0 Å². The SMILES string of the molecule is CC(NC(=O)Nc1ccccc1CS(C)(=O)=O)c1ccccc1. The van der Waals surface area contributed by atoms with Gasteiger partial charge in [0.2, 0.25) is 0 Å². The number of urea groups is 1. The number of rotatable bonds is 5. The van der Waals surface area contributed by atoms with Crippen molar-refractivity contribution < 1.29 is 13.2 Å². The van der Waals surface area contributed by atoms with E-state index in [0.717, 1.165) is 5.56 Å². The number of sulfone groups is 1. The number of nitrogens with one attached hydrogen (secondary N) is 2. The van der Waals surface area contributed by atoms with E-state index in [4.69, 9.17) is 0 Å². The average Bonchev–Trinajstić information content (AvgIpc) is 2.48. The normalized spacial score (nSPS) is 12.4. The summed E-state index contributed by atoms with van der Waals surface area (Å²) in [5.41, 5.74) is 2.06. The largest absolute Gasteiger partial charge is 0.331 e. The van der Waals surface area contributed by atoms with Gasteiger partial charge in [0.25, 0.3) is 0 Å². The van der Waals surface area contributed by atoms with Crippen LogP contribution in [0.4, 0.5) is 10.5 Å². The maximum absolute atomic E-state index is 12.1. The second-order valence-corrected chi connectivity index (χ2v) is 7.60. The number of carbonyl (C=O) groups is 1. The van der Waals surface area contributed by atoms with E-state index in [1.165, 1.54) is 6.26 Å². The molecule has 0 heterocycles. The van der Waals surface area contributed by atoms with Gasteiger partial charge in [0.15, 0.2) is 9.84 Å². The maximum Gasteiger partial charge on any atom is 0.319 e. The molecule has 2 rings (SSSR count). The first kappa shape index (κ1) is 17.0.